The highest BCUT2D eigenvalue weighted by molar-refractivity contribution is 7.09. The maximum atomic E-state index is 6.05. The van der Waals surface area contributed by atoms with Crippen LogP contribution in [0.4, 0.5) is 0 Å². The monoisotopic (exact) mass is 344 g/mol. The first-order valence-electron chi connectivity index (χ1n) is 7.19. The molecule has 1 atom stereocenters. The van der Waals surface area contributed by atoms with Crippen molar-refractivity contribution < 1.29 is 0 Å². The van der Waals surface area contributed by atoms with E-state index >= 15 is 0 Å². The van der Waals surface area contributed by atoms with Gasteiger partial charge in [-0.2, -0.15) is 5.10 Å². The number of nitrogens with zero attached hydrogens (tertiary/aromatic N) is 6. The molecule has 6 nitrogen and oxygen atoms in total. The number of hydrogen-bond donors (Lipinski definition) is 0. The van der Waals surface area contributed by atoms with Gasteiger partial charge in [0.1, 0.15) is 16.2 Å². The third-order valence-corrected chi connectivity index (χ3v) is 4.70. The van der Waals surface area contributed by atoms with Crippen LogP contribution < -0.4 is 0 Å². The van der Waals surface area contributed by atoms with Crippen LogP contribution in [-0.2, 0) is 6.42 Å². The Hall–Kier alpha value is -2.25. The van der Waals surface area contributed by atoms with E-state index in [9.17, 15) is 0 Å². The Morgan fingerprint density at radius 2 is 2.22 bits per heavy atom. The van der Waals surface area contributed by atoms with Crippen LogP contribution in [-0.4, -0.2) is 29.1 Å². The Kier molecular flexibility index (Phi) is 3.59. The zero-order valence-corrected chi connectivity index (χ0v) is 13.9. The van der Waals surface area contributed by atoms with Crippen LogP contribution in [0.25, 0.3) is 5.65 Å². The minimum absolute atomic E-state index is 0.118. The quantitative estimate of drug-likeness (QED) is 0.570. The summed E-state index contributed by atoms with van der Waals surface area (Å²) in [4.78, 5) is 13.5. The van der Waals surface area contributed by atoms with E-state index in [0.717, 1.165) is 28.5 Å². The number of imidazole rings is 2. The summed E-state index contributed by atoms with van der Waals surface area (Å²) in [5.74, 6) is 0. The molecule has 0 aliphatic carbocycles. The van der Waals surface area contributed by atoms with Crippen LogP contribution in [0, 0.1) is 0 Å². The lowest BCUT2D eigenvalue weighted by molar-refractivity contribution is 0.646. The van der Waals surface area contributed by atoms with E-state index in [2.05, 4.69) is 22.0 Å². The van der Waals surface area contributed by atoms with Gasteiger partial charge in [0, 0.05) is 24.0 Å². The molecule has 4 aromatic rings. The fraction of sp³-hybridized carbons (Fsp3) is 0.200. The second-order valence-corrected chi connectivity index (χ2v) is 6.32. The molecule has 0 spiro atoms. The van der Waals surface area contributed by atoms with Crippen molar-refractivity contribution in [2.45, 2.75) is 19.4 Å². The molecule has 0 radical (unpaired) electrons. The van der Waals surface area contributed by atoms with Crippen molar-refractivity contribution in [3.63, 3.8) is 0 Å². The summed E-state index contributed by atoms with van der Waals surface area (Å²) in [6.07, 6.45) is 8.07. The maximum absolute atomic E-state index is 6.05. The summed E-state index contributed by atoms with van der Waals surface area (Å²) >= 11 is 7.65. The first-order chi connectivity index (χ1) is 11.3. The Morgan fingerprint density at radius 3 is 2.91 bits per heavy atom. The molecule has 116 valence electrons. The van der Waals surface area contributed by atoms with E-state index in [1.165, 1.54) is 0 Å². The molecule has 8 heteroatoms. The topological polar surface area (TPSA) is 60.9 Å². The number of rotatable bonds is 4. The summed E-state index contributed by atoms with van der Waals surface area (Å²) in [7, 11) is 0. The predicted molar refractivity (Wildman–Crippen MR) is 89.0 cm³/mol. The molecule has 0 saturated heterocycles. The van der Waals surface area contributed by atoms with Gasteiger partial charge in [-0.05, 0) is 18.6 Å². The van der Waals surface area contributed by atoms with Gasteiger partial charge >= 0.3 is 0 Å². The molecular weight excluding hydrogens is 332 g/mol. The number of thiazole rings is 1. The van der Waals surface area contributed by atoms with Gasteiger partial charge in [-0.25, -0.2) is 19.5 Å². The fourth-order valence-electron chi connectivity index (χ4n) is 2.70. The second-order valence-electron chi connectivity index (χ2n) is 5.01. The maximum Gasteiger partial charge on any atom is 0.154 e. The number of halogens is 1. The van der Waals surface area contributed by atoms with Crippen molar-refractivity contribution >= 4 is 28.6 Å². The van der Waals surface area contributed by atoms with Crippen LogP contribution in [0.1, 0.15) is 29.4 Å². The largest absolute Gasteiger partial charge is 0.322 e. The van der Waals surface area contributed by atoms with Crippen molar-refractivity contribution in [1.29, 1.82) is 0 Å². The van der Waals surface area contributed by atoms with Crippen molar-refractivity contribution in [2.75, 3.05) is 0 Å². The predicted octanol–water partition coefficient (Wildman–Crippen LogP) is 3.24. The fourth-order valence-corrected chi connectivity index (χ4v) is 3.58. The van der Waals surface area contributed by atoms with Gasteiger partial charge in [0.15, 0.2) is 5.65 Å². The molecule has 0 aliphatic rings. The van der Waals surface area contributed by atoms with Gasteiger partial charge < -0.3 is 4.57 Å². The van der Waals surface area contributed by atoms with Crippen LogP contribution in [0.2, 0.25) is 5.15 Å². The first-order valence-corrected chi connectivity index (χ1v) is 8.44. The molecule has 0 aliphatic heterocycles. The van der Waals surface area contributed by atoms with Crippen molar-refractivity contribution in [2.24, 2.45) is 0 Å². The van der Waals surface area contributed by atoms with Crippen LogP contribution in [0.3, 0.4) is 0 Å². The number of fused-ring (bicyclic) bond motifs is 1. The lowest BCUT2D eigenvalue weighted by atomic mass is 10.1. The zero-order valence-electron chi connectivity index (χ0n) is 12.3. The SMILES string of the molecule is CCc1c(C(c2nccs2)n2ccnc2)nc2ccc(Cl)nn12. The van der Waals surface area contributed by atoms with E-state index in [1.54, 1.807) is 36.1 Å². The van der Waals surface area contributed by atoms with Crippen LogP contribution in [0.5, 0.6) is 0 Å². The second kappa shape index (κ2) is 5.75. The summed E-state index contributed by atoms with van der Waals surface area (Å²) in [5, 5.41) is 7.77. The van der Waals surface area contributed by atoms with Crippen LogP contribution in [0.15, 0.2) is 42.4 Å². The van der Waals surface area contributed by atoms with E-state index in [0.29, 0.717) is 5.15 Å². The van der Waals surface area contributed by atoms with Crippen molar-refractivity contribution in [1.82, 2.24) is 29.1 Å². The molecule has 0 saturated carbocycles. The van der Waals surface area contributed by atoms with E-state index in [-0.39, 0.29) is 6.04 Å². The van der Waals surface area contributed by atoms with Crippen molar-refractivity contribution in [3.05, 3.63) is 64.0 Å². The number of aryl methyl sites for hydroxylation is 1. The highest BCUT2D eigenvalue weighted by Gasteiger charge is 2.26. The minimum Gasteiger partial charge on any atom is -0.322 e. The Labute approximate surface area is 141 Å². The molecule has 0 amide bonds. The van der Waals surface area contributed by atoms with E-state index in [1.807, 2.05) is 26.7 Å². The van der Waals surface area contributed by atoms with Gasteiger partial charge in [-0.15, -0.1) is 11.3 Å². The molecule has 4 rings (SSSR count). The zero-order chi connectivity index (χ0) is 15.8. The highest BCUT2D eigenvalue weighted by atomic mass is 35.5. The lowest BCUT2D eigenvalue weighted by Gasteiger charge is -2.15. The lowest BCUT2D eigenvalue weighted by Crippen LogP contribution is -2.13. The van der Waals surface area contributed by atoms with E-state index in [4.69, 9.17) is 16.6 Å². The van der Waals surface area contributed by atoms with Crippen LogP contribution >= 0.6 is 22.9 Å². The molecule has 0 fully saturated rings. The third-order valence-electron chi connectivity index (χ3n) is 3.67. The van der Waals surface area contributed by atoms with Gasteiger partial charge in [-0.3, -0.25) is 0 Å². The standard InChI is InChI=1S/C15H13ClN6S/c1-2-10-13(19-12-4-3-11(16)20-22(10)12)14(15-18-6-8-23-15)21-7-5-17-9-21/h3-9,14H,2H2,1H3. The summed E-state index contributed by atoms with van der Waals surface area (Å²) in [6, 6.07) is 3.51. The Balaban J connectivity index is 1.98. The highest BCUT2D eigenvalue weighted by Crippen LogP contribution is 2.30. The molecule has 0 bridgehead atoms. The Morgan fingerprint density at radius 1 is 1.30 bits per heavy atom. The third kappa shape index (κ3) is 2.42. The summed E-state index contributed by atoms with van der Waals surface area (Å²) in [5.41, 5.74) is 2.73. The average Bonchev–Trinajstić information content (AvgIpc) is 3.28. The average molecular weight is 345 g/mol. The minimum atomic E-state index is -0.118. The number of aromatic nitrogens is 6. The Bertz CT molecular complexity index is 894. The summed E-state index contributed by atoms with van der Waals surface area (Å²) in [6.45, 7) is 2.09. The number of hydrogen-bond acceptors (Lipinski definition) is 5. The van der Waals surface area contributed by atoms with Gasteiger partial charge in [-0.1, -0.05) is 18.5 Å². The molecular formula is C15H13ClN6S. The van der Waals surface area contributed by atoms with Gasteiger partial charge in [0.25, 0.3) is 0 Å². The van der Waals surface area contributed by atoms with Gasteiger partial charge in [0.05, 0.1) is 17.7 Å². The molecule has 23 heavy (non-hydrogen) atoms. The first kappa shape index (κ1) is 14.3. The van der Waals surface area contributed by atoms with Gasteiger partial charge in [0.2, 0.25) is 0 Å². The molecule has 0 N–H and O–H groups in total. The smallest absolute Gasteiger partial charge is 0.154 e. The molecule has 4 heterocycles. The molecule has 0 aromatic carbocycles. The molecule has 1 unspecified atom stereocenters. The molecule has 4 aromatic heterocycles. The normalized spacial score (nSPS) is 12.8. The van der Waals surface area contributed by atoms with Crippen molar-refractivity contribution in [3.8, 4) is 0 Å². The van der Waals surface area contributed by atoms with E-state index < -0.39 is 0 Å². The summed E-state index contributed by atoms with van der Waals surface area (Å²) < 4.78 is 3.83.